The first kappa shape index (κ1) is 10.8. The summed E-state index contributed by atoms with van der Waals surface area (Å²) in [5.41, 5.74) is 2.37. The maximum atomic E-state index is 13.4. The number of rotatable bonds is 3. The number of anilines is 1. The molecule has 3 aromatic rings. The van der Waals surface area contributed by atoms with E-state index >= 15 is 0 Å². The predicted molar refractivity (Wildman–Crippen MR) is 69.9 cm³/mol. The molecule has 0 saturated carbocycles. The summed E-state index contributed by atoms with van der Waals surface area (Å²) in [5, 5.41) is 4.13. The lowest BCUT2D eigenvalue weighted by Gasteiger charge is -2.05. The van der Waals surface area contributed by atoms with Crippen LogP contribution in [0.3, 0.4) is 0 Å². The van der Waals surface area contributed by atoms with E-state index in [-0.39, 0.29) is 5.82 Å². The molecule has 0 bridgehead atoms. The van der Waals surface area contributed by atoms with Crippen molar-refractivity contribution in [3.63, 3.8) is 0 Å². The molecule has 0 radical (unpaired) electrons. The molecule has 0 fully saturated rings. The van der Waals surface area contributed by atoms with Crippen LogP contribution in [0.4, 0.5) is 10.1 Å². The second-order valence-electron chi connectivity index (χ2n) is 4.09. The summed E-state index contributed by atoms with van der Waals surface area (Å²) in [4.78, 5) is 0. The van der Waals surface area contributed by atoms with Crippen molar-refractivity contribution >= 4 is 16.7 Å². The van der Waals surface area contributed by atoms with Crippen molar-refractivity contribution in [1.82, 2.24) is 0 Å². The molecule has 0 amide bonds. The SMILES string of the molecule is Fc1ccccc1NCc1coc2ccccc12. The van der Waals surface area contributed by atoms with Crippen molar-refractivity contribution in [2.75, 3.05) is 5.32 Å². The van der Waals surface area contributed by atoms with Crippen LogP contribution < -0.4 is 5.32 Å². The smallest absolute Gasteiger partial charge is 0.146 e. The van der Waals surface area contributed by atoms with Crippen molar-refractivity contribution in [3.8, 4) is 0 Å². The van der Waals surface area contributed by atoms with Gasteiger partial charge in [-0.1, -0.05) is 30.3 Å². The molecule has 90 valence electrons. The number of fused-ring (bicyclic) bond motifs is 1. The molecule has 0 aliphatic carbocycles. The maximum absolute atomic E-state index is 13.4. The summed E-state index contributed by atoms with van der Waals surface area (Å²) in [7, 11) is 0. The summed E-state index contributed by atoms with van der Waals surface area (Å²) in [6, 6.07) is 14.4. The number of nitrogens with one attached hydrogen (secondary N) is 1. The highest BCUT2D eigenvalue weighted by Crippen LogP contribution is 2.22. The lowest BCUT2D eigenvalue weighted by atomic mass is 10.2. The third-order valence-electron chi connectivity index (χ3n) is 2.90. The van der Waals surface area contributed by atoms with Crippen molar-refractivity contribution in [2.24, 2.45) is 0 Å². The number of benzene rings is 2. The molecule has 1 heterocycles. The number of hydrogen-bond acceptors (Lipinski definition) is 2. The van der Waals surface area contributed by atoms with E-state index in [0.29, 0.717) is 12.2 Å². The summed E-state index contributed by atoms with van der Waals surface area (Å²) in [6.45, 7) is 0.540. The number of hydrogen-bond donors (Lipinski definition) is 1. The van der Waals surface area contributed by atoms with Crippen LogP contribution in [0, 0.1) is 5.82 Å². The highest BCUT2D eigenvalue weighted by atomic mass is 19.1. The topological polar surface area (TPSA) is 25.2 Å². The fraction of sp³-hybridized carbons (Fsp3) is 0.0667. The zero-order valence-electron chi connectivity index (χ0n) is 9.69. The van der Waals surface area contributed by atoms with Gasteiger partial charge >= 0.3 is 0 Å². The first-order chi connectivity index (χ1) is 8.84. The van der Waals surface area contributed by atoms with E-state index < -0.39 is 0 Å². The molecule has 0 spiro atoms. The van der Waals surface area contributed by atoms with Crippen LogP contribution in [0.5, 0.6) is 0 Å². The predicted octanol–water partition coefficient (Wildman–Crippen LogP) is 4.18. The van der Waals surface area contributed by atoms with E-state index in [4.69, 9.17) is 4.42 Å². The average Bonchev–Trinajstić information content (AvgIpc) is 2.81. The second-order valence-corrected chi connectivity index (χ2v) is 4.09. The standard InChI is InChI=1S/C15H12FNO/c16-13-6-2-3-7-14(13)17-9-11-10-18-15-8-4-1-5-12(11)15/h1-8,10,17H,9H2. The van der Waals surface area contributed by atoms with Gasteiger partial charge in [-0.15, -0.1) is 0 Å². The zero-order chi connectivity index (χ0) is 12.4. The van der Waals surface area contributed by atoms with Gasteiger partial charge < -0.3 is 9.73 Å². The summed E-state index contributed by atoms with van der Waals surface area (Å²) >= 11 is 0. The van der Waals surface area contributed by atoms with E-state index in [2.05, 4.69) is 5.32 Å². The first-order valence-electron chi connectivity index (χ1n) is 5.78. The Balaban J connectivity index is 1.83. The highest BCUT2D eigenvalue weighted by Gasteiger charge is 2.05. The molecule has 2 aromatic carbocycles. The van der Waals surface area contributed by atoms with E-state index in [1.807, 2.05) is 24.3 Å². The van der Waals surface area contributed by atoms with Gasteiger partial charge in [0.2, 0.25) is 0 Å². The summed E-state index contributed by atoms with van der Waals surface area (Å²) in [5.74, 6) is -0.245. The molecule has 3 heteroatoms. The number of furan rings is 1. The molecular formula is C15H12FNO. The average molecular weight is 241 g/mol. The Morgan fingerprint density at radius 2 is 1.78 bits per heavy atom. The van der Waals surface area contributed by atoms with Crippen molar-refractivity contribution in [1.29, 1.82) is 0 Å². The largest absolute Gasteiger partial charge is 0.464 e. The second kappa shape index (κ2) is 4.53. The Bertz CT molecular complexity index is 675. The maximum Gasteiger partial charge on any atom is 0.146 e. The first-order valence-corrected chi connectivity index (χ1v) is 5.78. The van der Waals surface area contributed by atoms with E-state index in [1.54, 1.807) is 24.5 Å². The molecule has 0 atom stereocenters. The van der Waals surface area contributed by atoms with Crippen molar-refractivity contribution < 1.29 is 8.81 Å². The van der Waals surface area contributed by atoms with Gasteiger partial charge in [0.15, 0.2) is 0 Å². The van der Waals surface area contributed by atoms with Crippen molar-refractivity contribution in [2.45, 2.75) is 6.54 Å². The minimum Gasteiger partial charge on any atom is -0.464 e. The Labute approximate surface area is 104 Å². The lowest BCUT2D eigenvalue weighted by molar-refractivity contribution is 0.610. The molecule has 1 N–H and O–H groups in total. The zero-order valence-corrected chi connectivity index (χ0v) is 9.69. The van der Waals surface area contributed by atoms with Gasteiger partial charge in [0, 0.05) is 17.5 Å². The van der Waals surface area contributed by atoms with Crippen molar-refractivity contribution in [3.05, 3.63) is 66.2 Å². The Hall–Kier alpha value is -2.29. The van der Waals surface area contributed by atoms with Crippen LogP contribution >= 0.6 is 0 Å². The Kier molecular flexibility index (Phi) is 2.73. The van der Waals surface area contributed by atoms with E-state index in [9.17, 15) is 4.39 Å². The third-order valence-corrected chi connectivity index (χ3v) is 2.90. The van der Waals surface area contributed by atoms with Gasteiger partial charge in [-0.05, 0) is 18.2 Å². The van der Waals surface area contributed by atoms with Crippen LogP contribution in [0.25, 0.3) is 11.0 Å². The Morgan fingerprint density at radius 3 is 2.67 bits per heavy atom. The van der Waals surface area contributed by atoms with Gasteiger partial charge in [-0.3, -0.25) is 0 Å². The summed E-state index contributed by atoms with van der Waals surface area (Å²) < 4.78 is 18.9. The minimum absolute atomic E-state index is 0.245. The molecule has 0 aliphatic heterocycles. The molecule has 3 rings (SSSR count). The molecule has 0 saturated heterocycles. The number of para-hydroxylation sites is 2. The lowest BCUT2D eigenvalue weighted by Crippen LogP contribution is -2.00. The van der Waals surface area contributed by atoms with Crippen LogP contribution in [0.2, 0.25) is 0 Å². The molecule has 18 heavy (non-hydrogen) atoms. The normalized spacial score (nSPS) is 10.7. The monoisotopic (exact) mass is 241 g/mol. The van der Waals surface area contributed by atoms with Gasteiger partial charge in [0.05, 0.1) is 12.0 Å². The van der Waals surface area contributed by atoms with Crippen LogP contribution in [0.1, 0.15) is 5.56 Å². The Morgan fingerprint density at radius 1 is 1.00 bits per heavy atom. The molecule has 1 aromatic heterocycles. The molecule has 0 unspecified atom stereocenters. The quantitative estimate of drug-likeness (QED) is 0.744. The minimum atomic E-state index is -0.245. The van der Waals surface area contributed by atoms with E-state index in [0.717, 1.165) is 16.5 Å². The fourth-order valence-electron chi connectivity index (χ4n) is 1.96. The molecule has 2 nitrogen and oxygen atoms in total. The highest BCUT2D eigenvalue weighted by molar-refractivity contribution is 5.81. The fourth-order valence-corrected chi connectivity index (χ4v) is 1.96. The van der Waals surface area contributed by atoms with Gasteiger partial charge in [0.25, 0.3) is 0 Å². The third kappa shape index (κ3) is 1.95. The van der Waals surface area contributed by atoms with Gasteiger partial charge in [0.1, 0.15) is 11.4 Å². The van der Waals surface area contributed by atoms with E-state index in [1.165, 1.54) is 6.07 Å². The molecule has 0 aliphatic rings. The van der Waals surface area contributed by atoms with Crippen LogP contribution in [-0.4, -0.2) is 0 Å². The number of halogens is 1. The van der Waals surface area contributed by atoms with Crippen LogP contribution in [-0.2, 0) is 6.54 Å². The van der Waals surface area contributed by atoms with Gasteiger partial charge in [-0.2, -0.15) is 0 Å². The molecular weight excluding hydrogens is 229 g/mol. The van der Waals surface area contributed by atoms with Gasteiger partial charge in [-0.25, -0.2) is 4.39 Å². The van der Waals surface area contributed by atoms with Crippen LogP contribution in [0.15, 0.2) is 59.2 Å². The summed E-state index contributed by atoms with van der Waals surface area (Å²) in [6.07, 6.45) is 1.71.